The van der Waals surface area contributed by atoms with Crippen molar-refractivity contribution in [1.29, 1.82) is 0 Å². The highest BCUT2D eigenvalue weighted by molar-refractivity contribution is 7.99. The molecule has 1 aromatic rings. The predicted molar refractivity (Wildman–Crippen MR) is 64.9 cm³/mol. The third-order valence-electron chi connectivity index (χ3n) is 2.15. The van der Waals surface area contributed by atoms with Crippen LogP contribution < -0.4 is 5.32 Å². The topological polar surface area (TPSA) is 12.0 Å². The summed E-state index contributed by atoms with van der Waals surface area (Å²) in [4.78, 5) is 0.532. The number of unbranched alkanes of at least 4 members (excludes halogenated alkanes) is 1. The highest BCUT2D eigenvalue weighted by atomic mass is 32.2. The van der Waals surface area contributed by atoms with E-state index in [0.717, 1.165) is 37.8 Å². The molecule has 1 N–H and O–H groups in total. The van der Waals surface area contributed by atoms with Crippen LogP contribution in [0.4, 0.5) is 8.78 Å². The van der Waals surface area contributed by atoms with Crippen LogP contribution in [0.25, 0.3) is 0 Å². The van der Waals surface area contributed by atoms with Gasteiger partial charge in [0.15, 0.2) is 0 Å². The van der Waals surface area contributed by atoms with Crippen molar-refractivity contribution in [2.45, 2.75) is 24.7 Å². The van der Waals surface area contributed by atoms with Crippen LogP contribution in [0.3, 0.4) is 0 Å². The molecule has 0 spiro atoms. The zero-order valence-corrected chi connectivity index (χ0v) is 10.2. The molecule has 1 nitrogen and oxygen atoms in total. The lowest BCUT2D eigenvalue weighted by molar-refractivity contribution is 0.565. The van der Waals surface area contributed by atoms with Gasteiger partial charge in [-0.05, 0) is 43.8 Å². The summed E-state index contributed by atoms with van der Waals surface area (Å²) >= 11 is 1.44. The van der Waals surface area contributed by atoms with Gasteiger partial charge >= 0.3 is 0 Å². The van der Waals surface area contributed by atoms with Gasteiger partial charge < -0.3 is 5.32 Å². The number of thioether (sulfide) groups is 1. The monoisotopic (exact) mass is 245 g/mol. The summed E-state index contributed by atoms with van der Waals surface area (Å²) in [6.45, 7) is 4.06. The van der Waals surface area contributed by atoms with Gasteiger partial charge in [-0.2, -0.15) is 0 Å². The largest absolute Gasteiger partial charge is 0.317 e. The summed E-state index contributed by atoms with van der Waals surface area (Å²) in [7, 11) is 0. The molecule has 0 bridgehead atoms. The lowest BCUT2D eigenvalue weighted by atomic mass is 10.3. The third kappa shape index (κ3) is 4.94. The van der Waals surface area contributed by atoms with Crippen molar-refractivity contribution in [1.82, 2.24) is 5.32 Å². The maximum Gasteiger partial charge on any atom is 0.139 e. The van der Waals surface area contributed by atoms with Crippen LogP contribution >= 0.6 is 11.8 Å². The van der Waals surface area contributed by atoms with Gasteiger partial charge in [-0.25, -0.2) is 8.78 Å². The lowest BCUT2D eigenvalue weighted by Crippen LogP contribution is -2.13. The van der Waals surface area contributed by atoms with Gasteiger partial charge in [0.2, 0.25) is 0 Å². The van der Waals surface area contributed by atoms with Gasteiger partial charge in [0.05, 0.1) is 0 Å². The van der Waals surface area contributed by atoms with Crippen LogP contribution in [0.5, 0.6) is 0 Å². The summed E-state index contributed by atoms with van der Waals surface area (Å²) in [5.41, 5.74) is 0. The second-order valence-corrected chi connectivity index (χ2v) is 4.62. The summed E-state index contributed by atoms with van der Waals surface area (Å²) in [5, 5.41) is 3.23. The first-order chi connectivity index (χ1) is 7.74. The molecular weight excluding hydrogens is 228 g/mol. The Kier molecular flexibility index (Phi) is 6.42. The van der Waals surface area contributed by atoms with E-state index in [1.165, 1.54) is 23.9 Å². The number of hydrogen-bond acceptors (Lipinski definition) is 2. The van der Waals surface area contributed by atoms with Crippen molar-refractivity contribution in [3.8, 4) is 0 Å². The fraction of sp³-hybridized carbons (Fsp3) is 0.500. The molecule has 0 unspecified atom stereocenters. The van der Waals surface area contributed by atoms with Gasteiger partial charge in [-0.3, -0.25) is 0 Å². The molecule has 16 heavy (non-hydrogen) atoms. The molecule has 0 aliphatic carbocycles. The molecule has 0 saturated heterocycles. The van der Waals surface area contributed by atoms with Crippen molar-refractivity contribution in [2.75, 3.05) is 18.8 Å². The second kappa shape index (κ2) is 7.63. The van der Waals surface area contributed by atoms with Gasteiger partial charge in [0, 0.05) is 11.0 Å². The first-order valence-corrected chi connectivity index (χ1v) is 6.51. The average Bonchev–Trinajstić information content (AvgIpc) is 2.26. The molecule has 0 heterocycles. The summed E-state index contributed by atoms with van der Waals surface area (Å²) in [5.74, 6) is -0.112. The van der Waals surface area contributed by atoms with Crippen LogP contribution in [0.2, 0.25) is 0 Å². The van der Waals surface area contributed by atoms with Crippen LogP contribution in [-0.4, -0.2) is 18.8 Å². The van der Waals surface area contributed by atoms with Crippen LogP contribution in [0.1, 0.15) is 19.8 Å². The number of hydrogen-bond donors (Lipinski definition) is 1. The molecular formula is C12H17F2NS. The Labute approximate surface area is 99.6 Å². The maximum atomic E-state index is 13.2. The highest BCUT2D eigenvalue weighted by Gasteiger charge is 2.03. The fourth-order valence-electron chi connectivity index (χ4n) is 1.30. The lowest BCUT2D eigenvalue weighted by Gasteiger charge is -2.03. The normalized spacial score (nSPS) is 10.7. The van der Waals surface area contributed by atoms with E-state index in [2.05, 4.69) is 12.2 Å². The summed E-state index contributed by atoms with van der Waals surface area (Å²) in [6, 6.07) is 3.73. The van der Waals surface area contributed by atoms with E-state index in [-0.39, 0.29) is 0 Å². The Balaban J connectivity index is 2.21. The smallest absolute Gasteiger partial charge is 0.139 e. The first kappa shape index (κ1) is 13.5. The quantitative estimate of drug-likeness (QED) is 0.583. The molecule has 0 radical (unpaired) electrons. The molecule has 0 fully saturated rings. The molecule has 0 atom stereocenters. The summed E-state index contributed by atoms with van der Waals surface area (Å²) in [6.07, 6.45) is 2.12. The maximum absolute atomic E-state index is 13.2. The van der Waals surface area contributed by atoms with Crippen LogP contribution in [0.15, 0.2) is 23.1 Å². The SMILES string of the molecule is CCNCCCCSc1ccc(F)cc1F. The Morgan fingerprint density at radius 3 is 2.75 bits per heavy atom. The number of halogens is 2. The molecule has 4 heteroatoms. The van der Waals surface area contributed by atoms with Gasteiger partial charge in [0.25, 0.3) is 0 Å². The van der Waals surface area contributed by atoms with Crippen molar-refractivity contribution < 1.29 is 8.78 Å². The Bertz CT molecular complexity index is 318. The minimum Gasteiger partial charge on any atom is -0.317 e. The Morgan fingerprint density at radius 1 is 1.25 bits per heavy atom. The number of rotatable bonds is 7. The molecule has 0 amide bonds. The first-order valence-electron chi connectivity index (χ1n) is 5.52. The average molecular weight is 245 g/mol. The van der Waals surface area contributed by atoms with Crippen molar-refractivity contribution in [3.63, 3.8) is 0 Å². The zero-order chi connectivity index (χ0) is 11.8. The van der Waals surface area contributed by atoms with Gasteiger partial charge in [0.1, 0.15) is 11.6 Å². The minimum atomic E-state index is -0.519. The zero-order valence-electron chi connectivity index (χ0n) is 9.43. The Hall–Kier alpha value is -0.610. The molecule has 0 aliphatic rings. The van der Waals surface area contributed by atoms with Crippen molar-refractivity contribution in [3.05, 3.63) is 29.8 Å². The molecule has 0 aliphatic heterocycles. The van der Waals surface area contributed by atoms with Gasteiger partial charge in [-0.15, -0.1) is 11.8 Å². The fourth-order valence-corrected chi connectivity index (χ4v) is 2.23. The van der Waals surface area contributed by atoms with E-state index >= 15 is 0 Å². The second-order valence-electron chi connectivity index (χ2n) is 3.48. The molecule has 1 aromatic carbocycles. The van der Waals surface area contributed by atoms with E-state index < -0.39 is 11.6 Å². The minimum absolute atomic E-state index is 0.461. The number of nitrogens with one attached hydrogen (secondary N) is 1. The standard InChI is InChI=1S/C12H17F2NS/c1-2-15-7-3-4-8-16-12-6-5-10(13)9-11(12)14/h5-6,9,15H,2-4,7-8H2,1H3. The van der Waals surface area contributed by atoms with E-state index in [1.54, 1.807) is 0 Å². The van der Waals surface area contributed by atoms with Crippen molar-refractivity contribution in [2.24, 2.45) is 0 Å². The predicted octanol–water partition coefficient (Wildman–Crippen LogP) is 3.45. The molecule has 0 saturated carbocycles. The van der Waals surface area contributed by atoms with Crippen molar-refractivity contribution >= 4 is 11.8 Å². The van der Waals surface area contributed by atoms with E-state index in [4.69, 9.17) is 0 Å². The van der Waals surface area contributed by atoms with Gasteiger partial charge in [-0.1, -0.05) is 6.92 Å². The molecule has 90 valence electrons. The third-order valence-corrected chi connectivity index (χ3v) is 3.28. The van der Waals surface area contributed by atoms with Crippen LogP contribution in [0, 0.1) is 11.6 Å². The Morgan fingerprint density at radius 2 is 2.06 bits per heavy atom. The number of benzene rings is 1. The molecule has 1 rings (SSSR count). The van der Waals surface area contributed by atoms with Crippen LogP contribution in [-0.2, 0) is 0 Å². The molecule has 0 aromatic heterocycles. The van der Waals surface area contributed by atoms with E-state index in [9.17, 15) is 8.78 Å². The van der Waals surface area contributed by atoms with E-state index in [1.807, 2.05) is 0 Å². The van der Waals surface area contributed by atoms with E-state index in [0.29, 0.717) is 4.90 Å². The highest BCUT2D eigenvalue weighted by Crippen LogP contribution is 2.23. The summed E-state index contributed by atoms with van der Waals surface area (Å²) < 4.78 is 25.8.